The van der Waals surface area contributed by atoms with E-state index in [0.29, 0.717) is 12.4 Å². The Morgan fingerprint density at radius 2 is 1.81 bits per heavy atom. The highest BCUT2D eigenvalue weighted by Gasteiger charge is 2.29. The number of ether oxygens (including phenoxy) is 3. The number of benzene rings is 2. The summed E-state index contributed by atoms with van der Waals surface area (Å²) in [7, 11) is 0. The summed E-state index contributed by atoms with van der Waals surface area (Å²) in [6.07, 6.45) is 0.380. The molecule has 0 spiro atoms. The average Bonchev–Trinajstić information content (AvgIpc) is 2.73. The smallest absolute Gasteiger partial charge is 0.407 e. The van der Waals surface area contributed by atoms with Crippen molar-refractivity contribution in [3.05, 3.63) is 66.0 Å². The van der Waals surface area contributed by atoms with Gasteiger partial charge in [0.2, 0.25) is 0 Å². The molecule has 1 atom stereocenters. The van der Waals surface area contributed by atoms with Gasteiger partial charge in [-0.1, -0.05) is 30.3 Å². The minimum atomic E-state index is -0.447. The lowest BCUT2D eigenvalue weighted by Crippen LogP contribution is -2.55. The molecule has 1 heterocycles. The van der Waals surface area contributed by atoms with Gasteiger partial charge in [0.25, 0.3) is 0 Å². The first-order valence-corrected chi connectivity index (χ1v) is 11.0. The Morgan fingerprint density at radius 3 is 2.47 bits per heavy atom. The van der Waals surface area contributed by atoms with Gasteiger partial charge in [-0.3, -0.25) is 4.90 Å². The lowest BCUT2D eigenvalue weighted by atomic mass is 10.1. The zero-order valence-electron chi connectivity index (χ0n) is 19.1. The molecule has 0 aliphatic carbocycles. The molecular weight excluding hydrogens is 411 g/mol. The molecule has 1 unspecified atom stereocenters. The van der Waals surface area contributed by atoms with Gasteiger partial charge in [0.1, 0.15) is 24.3 Å². The Bertz CT molecular complexity index is 833. The minimum absolute atomic E-state index is 0.0912. The van der Waals surface area contributed by atoms with Crippen LogP contribution in [0.1, 0.15) is 32.8 Å². The summed E-state index contributed by atoms with van der Waals surface area (Å²) in [6.45, 7) is 9.01. The first kappa shape index (κ1) is 24.0. The van der Waals surface area contributed by atoms with Gasteiger partial charge in [0.15, 0.2) is 0 Å². The van der Waals surface area contributed by atoms with Crippen LogP contribution in [-0.4, -0.2) is 55.0 Å². The van der Waals surface area contributed by atoms with E-state index in [2.05, 4.69) is 10.2 Å². The summed E-state index contributed by atoms with van der Waals surface area (Å²) in [5, 5.41) is 2.94. The quantitative estimate of drug-likeness (QED) is 0.589. The van der Waals surface area contributed by atoms with Crippen molar-refractivity contribution in [1.82, 2.24) is 10.2 Å². The molecule has 0 saturated carbocycles. The molecule has 3 rings (SSSR count). The molecule has 2 aromatic carbocycles. The Labute approximate surface area is 189 Å². The third kappa shape index (κ3) is 8.48. The molecule has 1 aliphatic heterocycles. The van der Waals surface area contributed by atoms with E-state index in [4.69, 9.17) is 14.2 Å². The molecule has 2 aromatic rings. The zero-order chi connectivity index (χ0) is 23.0. The lowest BCUT2D eigenvalue weighted by molar-refractivity contribution is -0.0213. The number of halogens is 1. The van der Waals surface area contributed by atoms with E-state index in [-0.39, 0.29) is 30.2 Å². The summed E-state index contributed by atoms with van der Waals surface area (Å²) >= 11 is 0. The van der Waals surface area contributed by atoms with Crippen molar-refractivity contribution in [2.45, 2.75) is 51.5 Å². The van der Waals surface area contributed by atoms with Gasteiger partial charge < -0.3 is 19.5 Å². The first-order chi connectivity index (χ1) is 15.3. The number of carbonyl (C=O) groups is 1. The highest BCUT2D eigenvalue weighted by atomic mass is 19.1. The van der Waals surface area contributed by atoms with Gasteiger partial charge in [-0.05, 0) is 57.0 Å². The molecule has 1 aliphatic rings. The van der Waals surface area contributed by atoms with Crippen LogP contribution in [0.15, 0.2) is 54.6 Å². The second-order valence-electron chi connectivity index (χ2n) is 9.07. The van der Waals surface area contributed by atoms with Crippen LogP contribution in [-0.2, 0) is 16.1 Å². The van der Waals surface area contributed by atoms with Gasteiger partial charge in [0, 0.05) is 19.6 Å². The summed E-state index contributed by atoms with van der Waals surface area (Å²) in [6, 6.07) is 15.5. The van der Waals surface area contributed by atoms with Gasteiger partial charge >= 0.3 is 6.09 Å². The highest BCUT2D eigenvalue weighted by Crippen LogP contribution is 2.19. The van der Waals surface area contributed by atoms with Crippen molar-refractivity contribution in [2.75, 3.05) is 26.2 Å². The Morgan fingerprint density at radius 1 is 1.12 bits per heavy atom. The number of hydrogen-bond acceptors (Lipinski definition) is 5. The predicted molar refractivity (Wildman–Crippen MR) is 121 cm³/mol. The number of nitrogens with one attached hydrogen (secondary N) is 1. The molecule has 0 radical (unpaired) electrons. The molecule has 7 heteroatoms. The number of amides is 1. The number of rotatable bonds is 10. The van der Waals surface area contributed by atoms with Gasteiger partial charge in [-0.2, -0.15) is 0 Å². The van der Waals surface area contributed by atoms with Crippen LogP contribution in [0.4, 0.5) is 9.18 Å². The van der Waals surface area contributed by atoms with E-state index in [0.717, 1.165) is 31.6 Å². The van der Waals surface area contributed by atoms with Crippen LogP contribution in [0, 0.1) is 5.82 Å². The molecule has 1 N–H and O–H groups in total. The van der Waals surface area contributed by atoms with Crippen molar-refractivity contribution in [1.29, 1.82) is 0 Å². The first-order valence-electron chi connectivity index (χ1n) is 11.0. The van der Waals surface area contributed by atoms with Crippen LogP contribution in [0.3, 0.4) is 0 Å². The van der Waals surface area contributed by atoms with Crippen LogP contribution < -0.4 is 10.1 Å². The molecule has 1 amide bonds. The molecular formula is C25H33FN2O4. The van der Waals surface area contributed by atoms with E-state index < -0.39 is 6.09 Å². The predicted octanol–water partition coefficient (Wildman–Crippen LogP) is 4.39. The molecule has 174 valence electrons. The SMILES string of the molecule is CC(C)(C)OCC(CCN1CC(Oc2ccc(F)cc2)C1)NC(=O)OCc1ccccc1. The van der Waals surface area contributed by atoms with E-state index >= 15 is 0 Å². The Hall–Kier alpha value is -2.64. The number of nitrogens with zero attached hydrogens (tertiary/aromatic N) is 1. The summed E-state index contributed by atoms with van der Waals surface area (Å²) in [4.78, 5) is 14.6. The van der Waals surface area contributed by atoms with Crippen molar-refractivity contribution in [3.63, 3.8) is 0 Å². The van der Waals surface area contributed by atoms with Crippen LogP contribution >= 0.6 is 0 Å². The summed E-state index contributed by atoms with van der Waals surface area (Å²) in [5.74, 6) is 0.404. The second-order valence-corrected chi connectivity index (χ2v) is 9.07. The molecule has 6 nitrogen and oxygen atoms in total. The minimum Gasteiger partial charge on any atom is -0.488 e. The van der Waals surface area contributed by atoms with E-state index in [1.807, 2.05) is 51.1 Å². The Kier molecular flexibility index (Phi) is 8.47. The van der Waals surface area contributed by atoms with Crippen LogP contribution in [0.25, 0.3) is 0 Å². The van der Waals surface area contributed by atoms with E-state index in [1.165, 1.54) is 12.1 Å². The van der Waals surface area contributed by atoms with Crippen molar-refractivity contribution < 1.29 is 23.4 Å². The topological polar surface area (TPSA) is 60.0 Å². The number of alkyl carbamates (subject to hydrolysis) is 1. The second kappa shape index (κ2) is 11.3. The maximum Gasteiger partial charge on any atom is 0.407 e. The summed E-state index contributed by atoms with van der Waals surface area (Å²) < 4.78 is 30.1. The number of likely N-dealkylation sites (tertiary alicyclic amines) is 1. The fourth-order valence-corrected chi connectivity index (χ4v) is 3.30. The van der Waals surface area contributed by atoms with Crippen molar-refractivity contribution >= 4 is 6.09 Å². The van der Waals surface area contributed by atoms with Gasteiger partial charge in [-0.25, -0.2) is 9.18 Å². The monoisotopic (exact) mass is 444 g/mol. The molecule has 0 aromatic heterocycles. The van der Waals surface area contributed by atoms with Crippen molar-refractivity contribution in [3.8, 4) is 5.75 Å². The number of hydrogen-bond donors (Lipinski definition) is 1. The third-order valence-corrected chi connectivity index (χ3v) is 5.09. The zero-order valence-corrected chi connectivity index (χ0v) is 19.1. The molecule has 0 bridgehead atoms. The maximum atomic E-state index is 13.0. The lowest BCUT2D eigenvalue weighted by Gasteiger charge is -2.39. The third-order valence-electron chi connectivity index (χ3n) is 5.09. The molecule has 1 saturated heterocycles. The molecule has 32 heavy (non-hydrogen) atoms. The number of carbonyl (C=O) groups excluding carboxylic acids is 1. The summed E-state index contributed by atoms with van der Waals surface area (Å²) in [5.41, 5.74) is 0.650. The molecule has 1 fully saturated rings. The van der Waals surface area contributed by atoms with Crippen LogP contribution in [0.5, 0.6) is 5.75 Å². The fourth-order valence-electron chi connectivity index (χ4n) is 3.30. The average molecular weight is 445 g/mol. The van der Waals surface area contributed by atoms with Gasteiger partial charge in [-0.15, -0.1) is 0 Å². The fraction of sp³-hybridized carbons (Fsp3) is 0.480. The standard InChI is InChI=1S/C25H33FN2O4/c1-25(2,3)31-18-21(27-24(29)30-17-19-7-5-4-6-8-19)13-14-28-15-23(16-28)32-22-11-9-20(26)10-12-22/h4-12,21,23H,13-18H2,1-3H3,(H,27,29). The highest BCUT2D eigenvalue weighted by molar-refractivity contribution is 5.67. The normalized spacial score (nSPS) is 15.6. The van der Waals surface area contributed by atoms with E-state index in [9.17, 15) is 9.18 Å². The van der Waals surface area contributed by atoms with Crippen molar-refractivity contribution in [2.24, 2.45) is 0 Å². The maximum absolute atomic E-state index is 13.0. The van der Waals surface area contributed by atoms with Crippen LogP contribution in [0.2, 0.25) is 0 Å². The van der Waals surface area contributed by atoms with Gasteiger partial charge in [0.05, 0.1) is 18.2 Å². The van der Waals surface area contributed by atoms with E-state index in [1.54, 1.807) is 12.1 Å². The Balaban J connectivity index is 1.41. The largest absolute Gasteiger partial charge is 0.488 e.